The molecule has 5 rings (SSSR count). The first kappa shape index (κ1) is 21.0. The van der Waals surface area contributed by atoms with Gasteiger partial charge in [0.25, 0.3) is 0 Å². The molecule has 2 N–H and O–H groups in total. The van der Waals surface area contributed by atoms with E-state index in [4.69, 9.17) is 21.9 Å². The average Bonchev–Trinajstić information content (AvgIpc) is 3.48. The number of hydrogen-bond donors (Lipinski definition) is 2. The summed E-state index contributed by atoms with van der Waals surface area (Å²) < 4.78 is 5.65. The Kier molecular flexibility index (Phi) is 6.42. The van der Waals surface area contributed by atoms with E-state index in [1.165, 1.54) is 22.9 Å². The van der Waals surface area contributed by atoms with Gasteiger partial charge in [-0.2, -0.15) is 4.98 Å². The van der Waals surface area contributed by atoms with Crippen LogP contribution in [0.4, 0.5) is 11.8 Å². The Hall–Kier alpha value is -2.82. The van der Waals surface area contributed by atoms with Gasteiger partial charge < -0.3 is 20.3 Å². The lowest BCUT2D eigenvalue weighted by Crippen LogP contribution is -2.35. The van der Waals surface area contributed by atoms with Crippen LogP contribution in [0.15, 0.2) is 59.0 Å². The highest BCUT2D eigenvalue weighted by Gasteiger charge is 2.22. The van der Waals surface area contributed by atoms with Gasteiger partial charge in [-0.3, -0.25) is 0 Å². The zero-order valence-electron chi connectivity index (χ0n) is 17.4. The van der Waals surface area contributed by atoms with Crippen LogP contribution in [-0.4, -0.2) is 44.3 Å². The molecule has 0 saturated carbocycles. The number of nitrogens with one attached hydrogen (secondary N) is 2. The van der Waals surface area contributed by atoms with Gasteiger partial charge in [0.2, 0.25) is 5.95 Å². The molecule has 2 aliphatic rings. The first-order chi connectivity index (χ1) is 15.7. The van der Waals surface area contributed by atoms with Crippen molar-refractivity contribution < 1.29 is 4.74 Å². The molecule has 0 unspecified atom stereocenters. The Morgan fingerprint density at radius 2 is 1.91 bits per heavy atom. The molecule has 0 aliphatic carbocycles. The van der Waals surface area contributed by atoms with Crippen LogP contribution in [0.25, 0.3) is 0 Å². The molecule has 0 amide bonds. The summed E-state index contributed by atoms with van der Waals surface area (Å²) in [7, 11) is 0. The fourth-order valence-corrected chi connectivity index (χ4v) is 4.65. The van der Waals surface area contributed by atoms with Crippen molar-refractivity contribution in [1.29, 1.82) is 0 Å². The summed E-state index contributed by atoms with van der Waals surface area (Å²) in [5.41, 5.74) is 2.63. The second-order valence-corrected chi connectivity index (χ2v) is 9.01. The largest absolute Gasteiger partial charge is 0.376 e. The molecule has 10 heteroatoms. The Morgan fingerprint density at radius 3 is 2.62 bits per heavy atom. The SMILES string of the molecule is S=C(NC[C@@H]1CCCO1)Nc1nc(Sc2ncccn2)cc(N2Cc3ccccc3C2)n1. The number of rotatable bonds is 6. The number of hydrogen-bond acceptors (Lipinski definition) is 8. The molecule has 1 saturated heterocycles. The number of fused-ring (bicyclic) bond motifs is 1. The predicted molar refractivity (Wildman–Crippen MR) is 128 cm³/mol. The van der Waals surface area contributed by atoms with Gasteiger partial charge in [0.05, 0.1) is 6.10 Å². The minimum Gasteiger partial charge on any atom is -0.376 e. The van der Waals surface area contributed by atoms with Gasteiger partial charge in [-0.15, -0.1) is 0 Å². The van der Waals surface area contributed by atoms with Crippen LogP contribution in [0.2, 0.25) is 0 Å². The van der Waals surface area contributed by atoms with E-state index in [9.17, 15) is 0 Å². The van der Waals surface area contributed by atoms with E-state index in [1.807, 2.05) is 6.07 Å². The van der Waals surface area contributed by atoms with Gasteiger partial charge in [-0.1, -0.05) is 24.3 Å². The van der Waals surface area contributed by atoms with Gasteiger partial charge in [-0.25, -0.2) is 15.0 Å². The number of thiocarbonyl (C=S) groups is 1. The first-order valence-corrected chi connectivity index (χ1v) is 11.8. The first-order valence-electron chi connectivity index (χ1n) is 10.5. The standard InChI is InChI=1S/C22H23N7OS2/c31-21(25-12-17-7-3-10-30-17)28-20-26-18(29-13-15-5-1-2-6-16(15)14-29)11-19(27-20)32-22-23-8-4-9-24-22/h1-2,4-6,8-9,11,17H,3,7,10,12-14H2,(H2,25,26,27,28,31)/t17-/m0/s1. The maximum absolute atomic E-state index is 5.65. The molecule has 1 fully saturated rings. The van der Waals surface area contributed by atoms with Gasteiger partial charge in [0, 0.05) is 44.7 Å². The van der Waals surface area contributed by atoms with Crippen molar-refractivity contribution in [2.45, 2.75) is 42.2 Å². The average molecular weight is 466 g/mol. The number of anilines is 2. The summed E-state index contributed by atoms with van der Waals surface area (Å²) in [4.78, 5) is 20.2. The lowest BCUT2D eigenvalue weighted by molar-refractivity contribution is 0.114. The molecular weight excluding hydrogens is 442 g/mol. The third kappa shape index (κ3) is 5.14. The van der Waals surface area contributed by atoms with E-state index >= 15 is 0 Å². The van der Waals surface area contributed by atoms with Gasteiger partial charge in [-0.05, 0) is 54.0 Å². The van der Waals surface area contributed by atoms with E-state index in [0.717, 1.165) is 43.4 Å². The highest BCUT2D eigenvalue weighted by atomic mass is 32.2. The van der Waals surface area contributed by atoms with Crippen LogP contribution in [0.1, 0.15) is 24.0 Å². The Bertz CT molecular complexity index is 1070. The van der Waals surface area contributed by atoms with Gasteiger partial charge in [0.1, 0.15) is 10.8 Å². The minimum absolute atomic E-state index is 0.200. The van der Waals surface area contributed by atoms with Crippen LogP contribution in [0, 0.1) is 0 Å². The summed E-state index contributed by atoms with van der Waals surface area (Å²) in [5.74, 6) is 1.28. The monoisotopic (exact) mass is 465 g/mol. The predicted octanol–water partition coefficient (Wildman–Crippen LogP) is 3.40. The smallest absolute Gasteiger partial charge is 0.232 e. The molecule has 4 heterocycles. The lowest BCUT2D eigenvalue weighted by Gasteiger charge is -2.19. The van der Waals surface area contributed by atoms with Crippen molar-refractivity contribution in [3.63, 3.8) is 0 Å². The van der Waals surface area contributed by atoms with Crippen LogP contribution in [0.5, 0.6) is 0 Å². The van der Waals surface area contributed by atoms with Crippen molar-refractivity contribution in [2.75, 3.05) is 23.4 Å². The Labute approximate surface area is 196 Å². The zero-order valence-corrected chi connectivity index (χ0v) is 19.0. The summed E-state index contributed by atoms with van der Waals surface area (Å²) in [6.45, 7) is 3.10. The minimum atomic E-state index is 0.200. The molecule has 2 aliphatic heterocycles. The van der Waals surface area contributed by atoms with Gasteiger partial charge in [0.15, 0.2) is 10.3 Å². The van der Waals surface area contributed by atoms with E-state index in [2.05, 4.69) is 54.8 Å². The molecule has 0 spiro atoms. The number of ether oxygens (including phenoxy) is 1. The Balaban J connectivity index is 1.35. The van der Waals surface area contributed by atoms with Crippen LogP contribution in [-0.2, 0) is 17.8 Å². The molecule has 164 valence electrons. The molecule has 32 heavy (non-hydrogen) atoms. The summed E-state index contributed by atoms with van der Waals surface area (Å²) >= 11 is 6.87. The topological polar surface area (TPSA) is 88.1 Å². The molecule has 2 aromatic heterocycles. The quantitative estimate of drug-likeness (QED) is 0.321. The highest BCUT2D eigenvalue weighted by molar-refractivity contribution is 7.99. The summed E-state index contributed by atoms with van der Waals surface area (Å²) in [6.07, 6.45) is 5.79. The van der Waals surface area contributed by atoms with Crippen LogP contribution in [0.3, 0.4) is 0 Å². The van der Waals surface area contributed by atoms with Crippen molar-refractivity contribution in [3.8, 4) is 0 Å². The number of benzene rings is 1. The van der Waals surface area contributed by atoms with E-state index in [1.54, 1.807) is 18.5 Å². The third-order valence-electron chi connectivity index (χ3n) is 5.33. The fourth-order valence-electron chi connectivity index (χ4n) is 3.77. The zero-order chi connectivity index (χ0) is 21.8. The van der Waals surface area contributed by atoms with Gasteiger partial charge >= 0.3 is 0 Å². The van der Waals surface area contributed by atoms with E-state index in [-0.39, 0.29) is 6.10 Å². The molecule has 1 aromatic carbocycles. The second kappa shape index (κ2) is 9.76. The highest BCUT2D eigenvalue weighted by Crippen LogP contribution is 2.31. The second-order valence-electron chi connectivity index (χ2n) is 7.62. The maximum atomic E-state index is 5.65. The maximum Gasteiger partial charge on any atom is 0.232 e. The number of nitrogens with zero attached hydrogens (tertiary/aromatic N) is 5. The third-order valence-corrected chi connectivity index (χ3v) is 6.39. The van der Waals surface area contributed by atoms with Crippen molar-refractivity contribution in [2.24, 2.45) is 0 Å². The summed E-state index contributed by atoms with van der Waals surface area (Å²) in [6, 6.07) is 12.2. The Morgan fingerprint density at radius 1 is 1.12 bits per heavy atom. The van der Waals surface area contributed by atoms with Crippen LogP contribution >= 0.6 is 24.0 Å². The fraction of sp³-hybridized carbons (Fsp3) is 0.318. The summed E-state index contributed by atoms with van der Waals surface area (Å²) in [5, 5.41) is 8.22. The molecular formula is C22H23N7OS2. The van der Waals surface area contributed by atoms with Crippen molar-refractivity contribution >= 4 is 40.9 Å². The van der Waals surface area contributed by atoms with E-state index < -0.39 is 0 Å². The normalized spacial score (nSPS) is 17.2. The molecule has 0 radical (unpaired) electrons. The molecule has 3 aromatic rings. The molecule has 1 atom stereocenters. The van der Waals surface area contributed by atoms with Crippen LogP contribution < -0.4 is 15.5 Å². The number of aromatic nitrogens is 4. The lowest BCUT2D eigenvalue weighted by atomic mass is 10.1. The van der Waals surface area contributed by atoms with E-state index in [0.29, 0.717) is 22.8 Å². The van der Waals surface area contributed by atoms with Crippen molar-refractivity contribution in [1.82, 2.24) is 25.3 Å². The van der Waals surface area contributed by atoms with Crippen molar-refractivity contribution in [3.05, 3.63) is 59.9 Å². The molecule has 8 nitrogen and oxygen atoms in total. The molecule has 0 bridgehead atoms.